The maximum absolute atomic E-state index is 12.4. The summed E-state index contributed by atoms with van der Waals surface area (Å²) in [6.45, 7) is 0. The second-order valence-electron chi connectivity index (χ2n) is 6.32. The molecule has 4 aromatic heterocycles. The van der Waals surface area contributed by atoms with Gasteiger partial charge in [0.25, 0.3) is 5.91 Å². The Labute approximate surface area is 175 Å². The van der Waals surface area contributed by atoms with Crippen molar-refractivity contribution >= 4 is 11.6 Å². The maximum atomic E-state index is 12.4. The number of furan rings is 1. The highest BCUT2D eigenvalue weighted by Crippen LogP contribution is 2.24. The third-order valence-corrected chi connectivity index (χ3v) is 4.24. The van der Waals surface area contributed by atoms with Crippen LogP contribution in [0.15, 0.2) is 88.8 Å². The first-order chi connectivity index (χ1) is 15.2. The van der Waals surface area contributed by atoms with Crippen molar-refractivity contribution in [2.24, 2.45) is 0 Å². The molecule has 152 valence electrons. The van der Waals surface area contributed by atoms with E-state index >= 15 is 0 Å². The molecule has 1 N–H and O–H groups in total. The third kappa shape index (κ3) is 4.03. The van der Waals surface area contributed by atoms with Gasteiger partial charge in [0.05, 0.1) is 6.26 Å². The van der Waals surface area contributed by atoms with Crippen molar-refractivity contribution in [2.45, 2.75) is 0 Å². The van der Waals surface area contributed by atoms with Gasteiger partial charge < -0.3 is 19.0 Å². The fraction of sp³-hybridized carbons (Fsp3) is 0. The van der Waals surface area contributed by atoms with E-state index in [9.17, 15) is 4.79 Å². The molecule has 0 bridgehead atoms. The molecule has 0 aliphatic rings. The van der Waals surface area contributed by atoms with Crippen molar-refractivity contribution < 1.29 is 18.5 Å². The first-order valence-corrected chi connectivity index (χ1v) is 9.15. The predicted octanol–water partition coefficient (Wildman–Crippen LogP) is 3.95. The van der Waals surface area contributed by atoms with Gasteiger partial charge >= 0.3 is 0 Å². The van der Waals surface area contributed by atoms with Crippen LogP contribution < -0.4 is 10.1 Å². The second-order valence-corrected chi connectivity index (χ2v) is 6.32. The fourth-order valence-electron chi connectivity index (χ4n) is 2.76. The Morgan fingerprint density at radius 2 is 1.97 bits per heavy atom. The summed E-state index contributed by atoms with van der Waals surface area (Å²) in [5, 5.41) is 6.53. The number of nitrogens with one attached hydrogen (secondary N) is 1. The number of nitrogens with zero attached hydrogens (tertiary/aromatic N) is 5. The number of anilines is 1. The zero-order valence-corrected chi connectivity index (χ0v) is 15.9. The van der Waals surface area contributed by atoms with Gasteiger partial charge in [-0.1, -0.05) is 5.16 Å². The number of ether oxygens (including phenoxy) is 1. The van der Waals surface area contributed by atoms with Gasteiger partial charge in [0, 0.05) is 30.2 Å². The Hall–Kier alpha value is -4.73. The van der Waals surface area contributed by atoms with Crippen molar-refractivity contribution in [3.63, 3.8) is 0 Å². The molecule has 1 amide bonds. The van der Waals surface area contributed by atoms with Crippen molar-refractivity contribution in [3.8, 4) is 29.0 Å². The molecule has 1 aromatic carbocycles. The van der Waals surface area contributed by atoms with Crippen LogP contribution in [0.5, 0.6) is 11.6 Å². The highest BCUT2D eigenvalue weighted by atomic mass is 16.5. The summed E-state index contributed by atoms with van der Waals surface area (Å²) in [5.41, 5.74) is 0.710. The van der Waals surface area contributed by atoms with Gasteiger partial charge in [-0.25, -0.2) is 15.0 Å². The monoisotopic (exact) mass is 414 g/mol. The van der Waals surface area contributed by atoms with E-state index in [-0.39, 0.29) is 5.69 Å². The van der Waals surface area contributed by atoms with E-state index in [1.54, 1.807) is 65.8 Å². The predicted molar refractivity (Wildman–Crippen MR) is 108 cm³/mol. The van der Waals surface area contributed by atoms with Gasteiger partial charge in [-0.15, -0.1) is 0 Å². The Morgan fingerprint density at radius 1 is 1.06 bits per heavy atom. The van der Waals surface area contributed by atoms with E-state index in [4.69, 9.17) is 13.7 Å². The Morgan fingerprint density at radius 3 is 2.74 bits per heavy atom. The topological polar surface area (TPSA) is 121 Å². The van der Waals surface area contributed by atoms with Crippen LogP contribution in [0.4, 0.5) is 5.69 Å². The highest BCUT2D eigenvalue weighted by Gasteiger charge is 2.15. The second kappa shape index (κ2) is 7.95. The Balaban J connectivity index is 1.24. The first kappa shape index (κ1) is 18.3. The molecule has 0 spiro atoms. The van der Waals surface area contributed by atoms with Crippen molar-refractivity contribution in [1.29, 1.82) is 0 Å². The lowest BCUT2D eigenvalue weighted by Crippen LogP contribution is -2.11. The summed E-state index contributed by atoms with van der Waals surface area (Å²) in [7, 11) is 0. The lowest BCUT2D eigenvalue weighted by Gasteiger charge is -2.08. The van der Waals surface area contributed by atoms with E-state index in [0.717, 1.165) is 0 Å². The van der Waals surface area contributed by atoms with Crippen LogP contribution in [0.1, 0.15) is 10.5 Å². The molecule has 0 saturated carbocycles. The molecule has 0 fully saturated rings. The van der Waals surface area contributed by atoms with E-state index < -0.39 is 5.91 Å². The Bertz CT molecular complexity index is 1290. The third-order valence-electron chi connectivity index (χ3n) is 4.24. The normalized spacial score (nSPS) is 10.7. The molecule has 31 heavy (non-hydrogen) atoms. The minimum atomic E-state index is -0.406. The van der Waals surface area contributed by atoms with Crippen molar-refractivity contribution in [2.75, 3.05) is 5.32 Å². The maximum Gasteiger partial charge on any atom is 0.277 e. The summed E-state index contributed by atoms with van der Waals surface area (Å²) < 4.78 is 17.9. The number of carbonyl (C=O) groups is 1. The molecular weight excluding hydrogens is 400 g/mol. The molecule has 0 radical (unpaired) electrons. The van der Waals surface area contributed by atoms with E-state index in [2.05, 4.69) is 25.4 Å². The molecule has 4 heterocycles. The number of carbonyl (C=O) groups excluding carboxylic acids is 1. The molecule has 0 aliphatic heterocycles. The van der Waals surface area contributed by atoms with E-state index in [1.807, 2.05) is 0 Å². The number of rotatable bonds is 6. The highest BCUT2D eigenvalue weighted by molar-refractivity contribution is 6.03. The van der Waals surface area contributed by atoms with Gasteiger partial charge in [0.15, 0.2) is 11.5 Å². The van der Waals surface area contributed by atoms with E-state index in [0.29, 0.717) is 34.7 Å². The minimum Gasteiger partial charge on any atom is -0.461 e. The number of imidazole rings is 1. The summed E-state index contributed by atoms with van der Waals surface area (Å²) in [4.78, 5) is 24.7. The molecule has 5 rings (SSSR count). The average Bonchev–Trinajstić information content (AvgIpc) is 3.57. The number of amides is 1. The minimum absolute atomic E-state index is 0.139. The Kier molecular flexibility index (Phi) is 4.70. The average molecular weight is 414 g/mol. The molecule has 10 heteroatoms. The summed E-state index contributed by atoms with van der Waals surface area (Å²) in [6, 6.07) is 13.5. The standard InChI is InChI=1S/C21H14N6O4/c28-21(16-10-18(31-26-16)17-2-1-9-29-17)25-14-3-5-15(6-4-14)30-20-11-19(23-12-24-20)27-8-7-22-13-27/h1-13H,(H,25,28). The number of hydrogen-bond acceptors (Lipinski definition) is 8. The first-order valence-electron chi connectivity index (χ1n) is 9.15. The number of benzene rings is 1. The quantitative estimate of drug-likeness (QED) is 0.443. The van der Waals surface area contributed by atoms with Crippen LogP contribution in [0.25, 0.3) is 17.3 Å². The van der Waals surface area contributed by atoms with Gasteiger partial charge in [0.1, 0.15) is 24.2 Å². The molecule has 0 aliphatic carbocycles. The largest absolute Gasteiger partial charge is 0.461 e. The zero-order valence-electron chi connectivity index (χ0n) is 15.9. The van der Waals surface area contributed by atoms with Crippen molar-refractivity contribution in [1.82, 2.24) is 24.7 Å². The summed E-state index contributed by atoms with van der Waals surface area (Å²) in [6.07, 6.45) is 7.99. The fourth-order valence-corrected chi connectivity index (χ4v) is 2.76. The van der Waals surface area contributed by atoms with Crippen LogP contribution in [0.2, 0.25) is 0 Å². The summed E-state index contributed by atoms with van der Waals surface area (Å²) in [5.74, 6) is 2.02. The summed E-state index contributed by atoms with van der Waals surface area (Å²) >= 11 is 0. The molecule has 0 unspecified atom stereocenters. The SMILES string of the molecule is O=C(Nc1ccc(Oc2cc(-n3ccnc3)ncn2)cc1)c1cc(-c2ccco2)on1. The molecule has 0 saturated heterocycles. The van der Waals surface area contributed by atoms with Crippen LogP contribution in [0, 0.1) is 0 Å². The van der Waals surface area contributed by atoms with Crippen LogP contribution in [0.3, 0.4) is 0 Å². The van der Waals surface area contributed by atoms with Crippen LogP contribution in [-0.4, -0.2) is 30.6 Å². The van der Waals surface area contributed by atoms with Crippen molar-refractivity contribution in [3.05, 3.63) is 85.5 Å². The van der Waals surface area contributed by atoms with Crippen LogP contribution in [-0.2, 0) is 0 Å². The van der Waals surface area contributed by atoms with Gasteiger partial charge in [-0.2, -0.15) is 0 Å². The smallest absolute Gasteiger partial charge is 0.277 e. The molecule has 10 nitrogen and oxygen atoms in total. The van der Waals surface area contributed by atoms with E-state index in [1.165, 1.54) is 18.7 Å². The lowest BCUT2D eigenvalue weighted by atomic mass is 10.2. The number of aromatic nitrogens is 5. The molecule has 5 aromatic rings. The molecular formula is C21H14N6O4. The molecule has 0 atom stereocenters. The number of hydrogen-bond donors (Lipinski definition) is 1. The van der Waals surface area contributed by atoms with Gasteiger partial charge in [-0.3, -0.25) is 9.36 Å². The van der Waals surface area contributed by atoms with Gasteiger partial charge in [0.2, 0.25) is 11.6 Å². The van der Waals surface area contributed by atoms with Crippen LogP contribution >= 0.6 is 0 Å². The van der Waals surface area contributed by atoms with Gasteiger partial charge in [-0.05, 0) is 36.4 Å². The zero-order chi connectivity index (χ0) is 21.0. The lowest BCUT2D eigenvalue weighted by molar-refractivity contribution is 0.101.